The molecule has 0 atom stereocenters. The summed E-state index contributed by atoms with van der Waals surface area (Å²) < 4.78 is 0. The van der Waals surface area contributed by atoms with Crippen LogP contribution in [0.1, 0.15) is 18.4 Å². The fourth-order valence-corrected chi connectivity index (χ4v) is 2.15. The summed E-state index contributed by atoms with van der Waals surface area (Å²) in [6.45, 7) is 3.50. The van der Waals surface area contributed by atoms with E-state index in [1.807, 2.05) is 12.1 Å². The number of nitrogens with zero attached hydrogens (tertiary/aromatic N) is 1. The molecule has 1 aromatic rings. The van der Waals surface area contributed by atoms with E-state index in [9.17, 15) is 0 Å². The van der Waals surface area contributed by atoms with Gasteiger partial charge in [-0.1, -0.05) is 30.4 Å². The van der Waals surface area contributed by atoms with E-state index in [0.29, 0.717) is 0 Å². The highest BCUT2D eigenvalue weighted by molar-refractivity contribution is 5.46. The van der Waals surface area contributed by atoms with Crippen LogP contribution in [-0.4, -0.2) is 24.5 Å². The molecule has 0 spiro atoms. The quantitative estimate of drug-likeness (QED) is 0.619. The van der Waals surface area contributed by atoms with E-state index in [4.69, 9.17) is 5.73 Å². The molecule has 2 nitrogen and oxygen atoms in total. The first-order chi connectivity index (χ1) is 7.86. The first kappa shape index (κ1) is 11.2. The lowest BCUT2D eigenvalue weighted by Crippen LogP contribution is -2.28. The van der Waals surface area contributed by atoms with Crippen molar-refractivity contribution in [3.63, 3.8) is 0 Å². The summed E-state index contributed by atoms with van der Waals surface area (Å²) in [5.74, 6) is 0. The number of benzene rings is 1. The maximum absolute atomic E-state index is 5.92. The average molecular weight is 216 g/mol. The van der Waals surface area contributed by atoms with Crippen LogP contribution in [0.25, 0.3) is 0 Å². The highest BCUT2D eigenvalue weighted by Crippen LogP contribution is 2.13. The molecule has 0 radical (unpaired) electrons. The Kier molecular flexibility index (Phi) is 4.00. The van der Waals surface area contributed by atoms with Crippen LogP contribution < -0.4 is 5.73 Å². The molecular formula is C14H20N2. The molecule has 0 unspecified atom stereocenters. The molecule has 2 N–H and O–H groups in total. The predicted molar refractivity (Wildman–Crippen MR) is 69.4 cm³/mol. The number of anilines is 1. The number of aryl methyl sites for hydroxylation is 1. The van der Waals surface area contributed by atoms with Gasteiger partial charge < -0.3 is 5.73 Å². The van der Waals surface area contributed by atoms with Crippen molar-refractivity contribution in [1.82, 2.24) is 4.90 Å². The molecule has 0 bridgehead atoms. The highest BCUT2D eigenvalue weighted by atomic mass is 15.1. The lowest BCUT2D eigenvalue weighted by Gasteiger charge is -2.22. The van der Waals surface area contributed by atoms with Crippen molar-refractivity contribution >= 4 is 5.69 Å². The minimum Gasteiger partial charge on any atom is -0.399 e. The summed E-state index contributed by atoms with van der Waals surface area (Å²) in [5.41, 5.74) is 8.13. The second-order valence-electron chi connectivity index (χ2n) is 4.36. The summed E-state index contributed by atoms with van der Waals surface area (Å²) in [6.07, 6.45) is 8.02. The zero-order valence-electron chi connectivity index (χ0n) is 9.73. The van der Waals surface area contributed by atoms with Crippen LogP contribution >= 0.6 is 0 Å². The normalized spacial score (nSPS) is 16.5. The van der Waals surface area contributed by atoms with Crippen LogP contribution in [0.3, 0.4) is 0 Å². The molecule has 16 heavy (non-hydrogen) atoms. The third-order valence-electron chi connectivity index (χ3n) is 3.12. The number of nitrogen functional groups attached to an aromatic ring is 1. The van der Waals surface area contributed by atoms with E-state index >= 15 is 0 Å². The lowest BCUT2D eigenvalue weighted by atomic mass is 10.1. The van der Waals surface area contributed by atoms with E-state index < -0.39 is 0 Å². The van der Waals surface area contributed by atoms with Gasteiger partial charge in [0.1, 0.15) is 0 Å². The SMILES string of the molecule is Nc1ccccc1CCCN1CC=CCC1. The molecule has 2 heteroatoms. The van der Waals surface area contributed by atoms with Crippen molar-refractivity contribution in [2.75, 3.05) is 25.4 Å². The minimum atomic E-state index is 0.932. The Bertz CT molecular complexity index is 358. The molecular weight excluding hydrogens is 196 g/mol. The van der Waals surface area contributed by atoms with Crippen molar-refractivity contribution in [3.8, 4) is 0 Å². The molecule has 2 rings (SSSR count). The zero-order valence-corrected chi connectivity index (χ0v) is 9.73. The van der Waals surface area contributed by atoms with Crippen LogP contribution in [0.15, 0.2) is 36.4 Å². The zero-order chi connectivity index (χ0) is 11.2. The summed E-state index contributed by atoms with van der Waals surface area (Å²) in [5, 5.41) is 0. The Hall–Kier alpha value is -1.28. The van der Waals surface area contributed by atoms with E-state index in [1.165, 1.54) is 31.5 Å². The molecule has 1 aromatic carbocycles. The van der Waals surface area contributed by atoms with Crippen LogP contribution in [-0.2, 0) is 6.42 Å². The van der Waals surface area contributed by atoms with Crippen molar-refractivity contribution < 1.29 is 0 Å². The van der Waals surface area contributed by atoms with Gasteiger partial charge in [-0.2, -0.15) is 0 Å². The Labute approximate surface area is 97.8 Å². The Morgan fingerprint density at radius 2 is 2.06 bits per heavy atom. The Balaban J connectivity index is 1.75. The molecule has 1 heterocycles. The minimum absolute atomic E-state index is 0.932. The van der Waals surface area contributed by atoms with E-state index in [2.05, 4.69) is 29.2 Å². The second-order valence-corrected chi connectivity index (χ2v) is 4.36. The van der Waals surface area contributed by atoms with Gasteiger partial charge in [-0.3, -0.25) is 4.90 Å². The largest absolute Gasteiger partial charge is 0.399 e. The standard InChI is InChI=1S/C14H20N2/c15-14-9-3-2-7-13(14)8-6-12-16-10-4-1-5-11-16/h1-4,7,9H,5-6,8,10-12,15H2. The first-order valence-corrected chi connectivity index (χ1v) is 6.07. The predicted octanol–water partition coefficient (Wildman–Crippen LogP) is 2.46. The van der Waals surface area contributed by atoms with Crippen molar-refractivity contribution in [3.05, 3.63) is 42.0 Å². The molecule has 0 saturated carbocycles. The Morgan fingerprint density at radius 3 is 2.81 bits per heavy atom. The summed E-state index contributed by atoms with van der Waals surface area (Å²) in [4.78, 5) is 2.50. The maximum Gasteiger partial charge on any atom is 0.0346 e. The van der Waals surface area contributed by atoms with Gasteiger partial charge in [0.15, 0.2) is 0 Å². The van der Waals surface area contributed by atoms with Crippen LogP contribution in [0.5, 0.6) is 0 Å². The second kappa shape index (κ2) is 5.71. The summed E-state index contributed by atoms with van der Waals surface area (Å²) >= 11 is 0. The van der Waals surface area contributed by atoms with Crippen LogP contribution in [0, 0.1) is 0 Å². The lowest BCUT2D eigenvalue weighted by molar-refractivity contribution is 0.295. The molecule has 86 valence electrons. The fraction of sp³-hybridized carbons (Fsp3) is 0.429. The van der Waals surface area contributed by atoms with Gasteiger partial charge in [-0.25, -0.2) is 0 Å². The number of hydrogen-bond donors (Lipinski definition) is 1. The van der Waals surface area contributed by atoms with Gasteiger partial charge in [-0.15, -0.1) is 0 Å². The van der Waals surface area contributed by atoms with Crippen LogP contribution in [0.4, 0.5) is 5.69 Å². The van der Waals surface area contributed by atoms with Gasteiger partial charge in [0.2, 0.25) is 0 Å². The molecule has 1 aliphatic rings. The number of nitrogens with two attached hydrogens (primary N) is 1. The van der Waals surface area contributed by atoms with Crippen molar-refractivity contribution in [2.45, 2.75) is 19.3 Å². The number of hydrogen-bond acceptors (Lipinski definition) is 2. The third-order valence-corrected chi connectivity index (χ3v) is 3.12. The molecule has 0 saturated heterocycles. The molecule has 0 aromatic heterocycles. The van der Waals surface area contributed by atoms with E-state index in [-0.39, 0.29) is 0 Å². The summed E-state index contributed by atoms with van der Waals surface area (Å²) in [6, 6.07) is 8.17. The Morgan fingerprint density at radius 1 is 1.19 bits per heavy atom. The molecule has 1 aliphatic heterocycles. The van der Waals surface area contributed by atoms with Gasteiger partial charge in [0, 0.05) is 18.8 Å². The smallest absolute Gasteiger partial charge is 0.0346 e. The highest BCUT2D eigenvalue weighted by Gasteiger charge is 2.05. The van der Waals surface area contributed by atoms with E-state index in [1.54, 1.807) is 0 Å². The fourth-order valence-electron chi connectivity index (χ4n) is 2.15. The number of para-hydroxylation sites is 1. The monoisotopic (exact) mass is 216 g/mol. The van der Waals surface area contributed by atoms with E-state index in [0.717, 1.165) is 18.7 Å². The maximum atomic E-state index is 5.92. The topological polar surface area (TPSA) is 29.3 Å². The van der Waals surface area contributed by atoms with Crippen molar-refractivity contribution in [2.24, 2.45) is 0 Å². The van der Waals surface area contributed by atoms with Gasteiger partial charge >= 0.3 is 0 Å². The molecule has 0 aliphatic carbocycles. The van der Waals surface area contributed by atoms with Crippen LogP contribution in [0.2, 0.25) is 0 Å². The first-order valence-electron chi connectivity index (χ1n) is 6.07. The van der Waals surface area contributed by atoms with Crippen molar-refractivity contribution in [1.29, 1.82) is 0 Å². The summed E-state index contributed by atoms with van der Waals surface area (Å²) in [7, 11) is 0. The van der Waals surface area contributed by atoms with Gasteiger partial charge in [0.05, 0.1) is 0 Å². The average Bonchev–Trinajstić information content (AvgIpc) is 2.33. The third kappa shape index (κ3) is 3.11. The van der Waals surface area contributed by atoms with Gasteiger partial charge in [0.25, 0.3) is 0 Å². The van der Waals surface area contributed by atoms with Gasteiger partial charge in [-0.05, 0) is 37.4 Å². The number of rotatable bonds is 4. The molecule has 0 fully saturated rings. The molecule has 0 amide bonds.